The third-order valence-electron chi connectivity index (χ3n) is 7.29. The molecule has 0 fully saturated rings. The minimum Gasteiger partial charge on any atom is -0.283 e. The smallest absolute Gasteiger partial charge is 0.235 e. The molecule has 0 amide bonds. The highest BCUT2D eigenvalue weighted by molar-refractivity contribution is 5.94. The Morgan fingerprint density at radius 1 is 0.667 bits per heavy atom. The number of hydrogen-bond acceptors (Lipinski definition) is 3. The van der Waals surface area contributed by atoms with Crippen LogP contribution in [0.5, 0.6) is 0 Å². The van der Waals surface area contributed by atoms with Crippen LogP contribution < -0.4 is 0 Å². The fourth-order valence-electron chi connectivity index (χ4n) is 5.56. The van der Waals surface area contributed by atoms with Gasteiger partial charge < -0.3 is 0 Å². The molecule has 36 heavy (non-hydrogen) atoms. The Bertz CT molecular complexity index is 1690. The molecule has 0 atom stereocenters. The van der Waals surface area contributed by atoms with Crippen molar-refractivity contribution in [2.75, 3.05) is 0 Å². The summed E-state index contributed by atoms with van der Waals surface area (Å²) in [7, 11) is 0. The molecule has 0 unspecified atom stereocenters. The molecular formula is C32H24N4. The van der Waals surface area contributed by atoms with Crippen LogP contribution in [0.3, 0.4) is 0 Å². The standard InChI is InChI=1S/C32H24N4/c1-32(2)25-16-10-9-15-23(25)24-20-33-26-17-18-36(30(26)29(24)32)31-34-27(21-11-5-3-6-12-21)19-28(35-31)22-13-7-4-8-14-22/h3-20H,1-2H3. The van der Waals surface area contributed by atoms with Gasteiger partial charge in [0.05, 0.1) is 22.4 Å². The molecule has 0 radical (unpaired) electrons. The molecule has 1 aliphatic carbocycles. The molecule has 0 N–H and O–H groups in total. The first-order chi connectivity index (χ1) is 17.6. The van der Waals surface area contributed by atoms with Crippen LogP contribution in [0, 0.1) is 0 Å². The second-order valence-corrected chi connectivity index (χ2v) is 9.81. The summed E-state index contributed by atoms with van der Waals surface area (Å²) in [5, 5.41) is 0. The maximum atomic E-state index is 5.07. The molecule has 6 aromatic rings. The van der Waals surface area contributed by atoms with Crippen LogP contribution in [0.2, 0.25) is 0 Å². The number of benzene rings is 3. The molecule has 4 heteroatoms. The van der Waals surface area contributed by atoms with Gasteiger partial charge in [0.1, 0.15) is 0 Å². The van der Waals surface area contributed by atoms with E-state index in [-0.39, 0.29) is 5.41 Å². The van der Waals surface area contributed by atoms with Crippen LogP contribution in [0.15, 0.2) is 109 Å². The first kappa shape index (κ1) is 20.8. The summed E-state index contributed by atoms with van der Waals surface area (Å²) in [6, 6.07) is 33.4. The molecule has 3 heterocycles. The summed E-state index contributed by atoms with van der Waals surface area (Å²) in [5.74, 6) is 0.646. The lowest BCUT2D eigenvalue weighted by atomic mass is 9.82. The lowest BCUT2D eigenvalue weighted by Crippen LogP contribution is -2.17. The van der Waals surface area contributed by atoms with Gasteiger partial charge in [0.15, 0.2) is 0 Å². The van der Waals surface area contributed by atoms with Crippen molar-refractivity contribution in [2.24, 2.45) is 0 Å². The summed E-state index contributed by atoms with van der Waals surface area (Å²) >= 11 is 0. The van der Waals surface area contributed by atoms with Gasteiger partial charge in [-0.15, -0.1) is 0 Å². The third kappa shape index (κ3) is 3.04. The van der Waals surface area contributed by atoms with E-state index in [2.05, 4.69) is 85.3 Å². The van der Waals surface area contributed by atoms with Gasteiger partial charge in [0.2, 0.25) is 5.95 Å². The van der Waals surface area contributed by atoms with Crippen LogP contribution >= 0.6 is 0 Å². The van der Waals surface area contributed by atoms with E-state index >= 15 is 0 Å². The predicted octanol–water partition coefficient (Wildman–Crippen LogP) is 7.46. The molecule has 0 saturated heterocycles. The lowest BCUT2D eigenvalue weighted by Gasteiger charge is -2.23. The average Bonchev–Trinajstić information content (AvgIpc) is 3.46. The average molecular weight is 465 g/mol. The molecule has 172 valence electrons. The van der Waals surface area contributed by atoms with E-state index in [0.29, 0.717) is 5.95 Å². The van der Waals surface area contributed by atoms with Crippen LogP contribution in [0.25, 0.3) is 50.6 Å². The molecule has 3 aromatic heterocycles. The second kappa shape index (κ2) is 7.72. The van der Waals surface area contributed by atoms with Crippen molar-refractivity contribution in [2.45, 2.75) is 19.3 Å². The van der Waals surface area contributed by atoms with E-state index in [0.717, 1.165) is 33.5 Å². The van der Waals surface area contributed by atoms with Crippen LogP contribution in [-0.4, -0.2) is 19.5 Å². The van der Waals surface area contributed by atoms with Gasteiger partial charge in [0, 0.05) is 34.5 Å². The normalized spacial score (nSPS) is 13.5. The highest BCUT2D eigenvalue weighted by atomic mass is 15.2. The van der Waals surface area contributed by atoms with Crippen molar-refractivity contribution in [3.05, 3.63) is 121 Å². The first-order valence-corrected chi connectivity index (χ1v) is 12.2. The largest absolute Gasteiger partial charge is 0.283 e. The van der Waals surface area contributed by atoms with Crippen molar-refractivity contribution in [1.82, 2.24) is 19.5 Å². The minimum absolute atomic E-state index is 0.164. The zero-order valence-electron chi connectivity index (χ0n) is 20.2. The van der Waals surface area contributed by atoms with E-state index in [9.17, 15) is 0 Å². The Morgan fingerprint density at radius 3 is 1.94 bits per heavy atom. The minimum atomic E-state index is -0.164. The topological polar surface area (TPSA) is 43.6 Å². The number of rotatable bonds is 3. The molecule has 0 aliphatic heterocycles. The fourth-order valence-corrected chi connectivity index (χ4v) is 5.56. The lowest BCUT2D eigenvalue weighted by molar-refractivity contribution is 0.662. The van der Waals surface area contributed by atoms with Crippen molar-refractivity contribution in [3.63, 3.8) is 0 Å². The number of pyridine rings is 1. The SMILES string of the molecule is CC1(C)c2ccccc2-c2cnc3ccn(-c4nc(-c5ccccc5)cc(-c5ccccc5)n4)c3c21. The van der Waals surface area contributed by atoms with Crippen LogP contribution in [0.4, 0.5) is 0 Å². The Balaban J connectivity index is 1.52. The number of fused-ring (bicyclic) bond motifs is 5. The van der Waals surface area contributed by atoms with Gasteiger partial charge in [-0.05, 0) is 28.8 Å². The molecule has 4 nitrogen and oxygen atoms in total. The molecule has 0 saturated carbocycles. The van der Waals surface area contributed by atoms with Gasteiger partial charge in [-0.25, -0.2) is 9.97 Å². The quantitative estimate of drug-likeness (QED) is 0.273. The summed E-state index contributed by atoms with van der Waals surface area (Å²) in [5.41, 5.74) is 10.8. The summed E-state index contributed by atoms with van der Waals surface area (Å²) in [6.45, 7) is 4.59. The van der Waals surface area contributed by atoms with Crippen LogP contribution in [-0.2, 0) is 5.41 Å². The number of aromatic nitrogens is 4. The molecule has 1 aliphatic rings. The van der Waals surface area contributed by atoms with E-state index in [1.54, 1.807) is 0 Å². The second-order valence-electron chi connectivity index (χ2n) is 9.81. The molecule has 0 spiro atoms. The summed E-state index contributed by atoms with van der Waals surface area (Å²) in [6.07, 6.45) is 4.07. The Hall–Kier alpha value is -4.57. The highest BCUT2D eigenvalue weighted by Gasteiger charge is 2.38. The van der Waals surface area contributed by atoms with Gasteiger partial charge in [-0.2, -0.15) is 0 Å². The zero-order chi connectivity index (χ0) is 24.3. The maximum Gasteiger partial charge on any atom is 0.235 e. The van der Waals surface area contributed by atoms with Crippen molar-refractivity contribution in [1.29, 1.82) is 0 Å². The number of nitrogens with zero attached hydrogens (tertiary/aromatic N) is 4. The van der Waals surface area contributed by atoms with E-state index in [4.69, 9.17) is 15.0 Å². The van der Waals surface area contributed by atoms with Gasteiger partial charge in [-0.1, -0.05) is 98.8 Å². The first-order valence-electron chi connectivity index (χ1n) is 12.2. The Kier molecular flexibility index (Phi) is 4.45. The molecule has 7 rings (SSSR count). The van der Waals surface area contributed by atoms with Crippen molar-refractivity contribution >= 4 is 11.0 Å². The molecule has 0 bridgehead atoms. The Morgan fingerprint density at radius 2 is 1.28 bits per heavy atom. The predicted molar refractivity (Wildman–Crippen MR) is 145 cm³/mol. The van der Waals surface area contributed by atoms with Gasteiger partial charge in [0.25, 0.3) is 0 Å². The molecular weight excluding hydrogens is 440 g/mol. The molecule has 3 aromatic carbocycles. The Labute approximate surface area is 210 Å². The van der Waals surface area contributed by atoms with Gasteiger partial charge in [-0.3, -0.25) is 9.55 Å². The summed E-state index contributed by atoms with van der Waals surface area (Å²) in [4.78, 5) is 15.0. The monoisotopic (exact) mass is 464 g/mol. The van der Waals surface area contributed by atoms with E-state index < -0.39 is 0 Å². The van der Waals surface area contributed by atoms with Crippen molar-refractivity contribution in [3.8, 4) is 39.6 Å². The van der Waals surface area contributed by atoms with Gasteiger partial charge >= 0.3 is 0 Å². The van der Waals surface area contributed by atoms with Crippen molar-refractivity contribution < 1.29 is 0 Å². The maximum absolute atomic E-state index is 5.07. The fraction of sp³-hybridized carbons (Fsp3) is 0.0938. The van der Waals surface area contributed by atoms with E-state index in [1.807, 2.05) is 42.6 Å². The summed E-state index contributed by atoms with van der Waals surface area (Å²) < 4.78 is 2.12. The zero-order valence-corrected chi connectivity index (χ0v) is 20.2. The highest BCUT2D eigenvalue weighted by Crippen LogP contribution is 2.51. The van der Waals surface area contributed by atoms with Crippen LogP contribution in [0.1, 0.15) is 25.0 Å². The third-order valence-corrected chi connectivity index (χ3v) is 7.29. The van der Waals surface area contributed by atoms with E-state index in [1.165, 1.54) is 22.3 Å². The number of hydrogen-bond donors (Lipinski definition) is 0.